The van der Waals surface area contributed by atoms with Crippen molar-refractivity contribution in [1.82, 2.24) is 10.2 Å². The van der Waals surface area contributed by atoms with E-state index in [0.29, 0.717) is 29.8 Å². The summed E-state index contributed by atoms with van der Waals surface area (Å²) in [7, 11) is 0. The lowest BCUT2D eigenvalue weighted by Crippen LogP contribution is -1.95. The third-order valence-electron chi connectivity index (χ3n) is 3.21. The van der Waals surface area contributed by atoms with E-state index in [1.54, 1.807) is 24.5 Å². The van der Waals surface area contributed by atoms with E-state index in [0.717, 1.165) is 11.5 Å². The molecule has 0 amide bonds. The highest BCUT2D eigenvalue weighted by atomic mass is 19.1. The van der Waals surface area contributed by atoms with Gasteiger partial charge in [0.15, 0.2) is 5.82 Å². The predicted octanol–water partition coefficient (Wildman–Crippen LogP) is 3.18. The van der Waals surface area contributed by atoms with Crippen LogP contribution in [0.5, 0.6) is 0 Å². The van der Waals surface area contributed by atoms with Crippen molar-refractivity contribution < 1.29 is 8.81 Å². The van der Waals surface area contributed by atoms with Crippen LogP contribution in [0, 0.1) is 5.82 Å². The van der Waals surface area contributed by atoms with E-state index in [4.69, 9.17) is 10.2 Å². The van der Waals surface area contributed by atoms with Crippen molar-refractivity contribution in [3.05, 3.63) is 59.9 Å². The van der Waals surface area contributed by atoms with E-state index in [9.17, 15) is 4.39 Å². The Morgan fingerprint density at radius 1 is 1.15 bits per heavy atom. The fourth-order valence-corrected chi connectivity index (χ4v) is 2.24. The number of nitrogens with one attached hydrogen (secondary N) is 1. The summed E-state index contributed by atoms with van der Waals surface area (Å²) in [5.74, 6) is 0.877. The number of H-pyrrole nitrogens is 1. The Balaban J connectivity index is 1.92. The van der Waals surface area contributed by atoms with Crippen LogP contribution in [0.1, 0.15) is 11.5 Å². The van der Waals surface area contributed by atoms with Crippen LogP contribution in [0.15, 0.2) is 47.1 Å². The molecule has 4 nitrogen and oxygen atoms in total. The molecule has 2 heterocycles. The zero-order chi connectivity index (χ0) is 13.9. The number of nitrogens with two attached hydrogens (primary N) is 1. The van der Waals surface area contributed by atoms with Gasteiger partial charge in [0.05, 0.1) is 6.26 Å². The first-order valence-electron chi connectivity index (χ1n) is 6.35. The molecule has 0 bridgehead atoms. The van der Waals surface area contributed by atoms with E-state index in [1.165, 1.54) is 6.07 Å². The van der Waals surface area contributed by atoms with Crippen LogP contribution in [0.2, 0.25) is 0 Å². The quantitative estimate of drug-likeness (QED) is 0.765. The number of benzene rings is 1. The van der Waals surface area contributed by atoms with Crippen LogP contribution in [-0.2, 0) is 12.8 Å². The van der Waals surface area contributed by atoms with Gasteiger partial charge in [-0.05, 0) is 24.6 Å². The number of hydrogen-bond donors (Lipinski definition) is 2. The molecule has 3 N–H and O–H groups in total. The van der Waals surface area contributed by atoms with Gasteiger partial charge in [-0.2, -0.15) is 5.10 Å². The second kappa shape index (κ2) is 5.21. The smallest absolute Gasteiger partial charge is 0.153 e. The molecule has 102 valence electrons. The first-order valence-corrected chi connectivity index (χ1v) is 6.35. The Bertz CT molecular complexity index is 704. The Kier molecular flexibility index (Phi) is 3.25. The molecule has 3 aromatic rings. The van der Waals surface area contributed by atoms with Crippen LogP contribution >= 0.6 is 0 Å². The van der Waals surface area contributed by atoms with Gasteiger partial charge in [-0.25, -0.2) is 4.39 Å². The minimum Gasteiger partial charge on any atom is -0.469 e. The number of aromatic amines is 1. The molecule has 1 aromatic carbocycles. The van der Waals surface area contributed by atoms with Crippen LogP contribution in [-0.4, -0.2) is 10.2 Å². The second-order valence-corrected chi connectivity index (χ2v) is 4.52. The standard InChI is InChI=1S/C15H14FN3O/c16-12-6-2-1-5-11(12)14-13(18-19-15(14)17)8-7-10-4-3-9-20-10/h1-6,9H,7-8H2,(H3,17,18,19). The molecule has 3 rings (SSSR count). The molecule has 0 fully saturated rings. The van der Waals surface area contributed by atoms with Gasteiger partial charge in [-0.15, -0.1) is 0 Å². The zero-order valence-electron chi connectivity index (χ0n) is 10.8. The lowest BCUT2D eigenvalue weighted by molar-refractivity contribution is 0.507. The van der Waals surface area contributed by atoms with Gasteiger partial charge in [-0.3, -0.25) is 5.10 Å². The molecule has 2 aromatic heterocycles. The molecule has 0 spiro atoms. The van der Waals surface area contributed by atoms with Crippen LogP contribution < -0.4 is 5.73 Å². The van der Waals surface area contributed by atoms with Crippen LogP contribution in [0.3, 0.4) is 0 Å². The second-order valence-electron chi connectivity index (χ2n) is 4.52. The molecule has 0 saturated heterocycles. The fraction of sp³-hybridized carbons (Fsp3) is 0.133. The minimum absolute atomic E-state index is 0.306. The summed E-state index contributed by atoms with van der Waals surface area (Å²) in [4.78, 5) is 0. The summed E-state index contributed by atoms with van der Waals surface area (Å²) >= 11 is 0. The number of halogens is 1. The maximum atomic E-state index is 13.9. The van der Waals surface area contributed by atoms with E-state index < -0.39 is 0 Å². The number of furan rings is 1. The number of aryl methyl sites for hydroxylation is 2. The molecule has 0 aliphatic heterocycles. The Morgan fingerprint density at radius 3 is 2.75 bits per heavy atom. The van der Waals surface area contributed by atoms with E-state index >= 15 is 0 Å². The van der Waals surface area contributed by atoms with Gasteiger partial charge in [0.25, 0.3) is 0 Å². The van der Waals surface area contributed by atoms with E-state index in [2.05, 4.69) is 10.2 Å². The Labute approximate surface area is 115 Å². The molecule has 0 atom stereocenters. The highest BCUT2D eigenvalue weighted by Crippen LogP contribution is 2.30. The van der Waals surface area contributed by atoms with Crippen molar-refractivity contribution in [3.63, 3.8) is 0 Å². The highest BCUT2D eigenvalue weighted by Gasteiger charge is 2.16. The number of anilines is 1. The molecule has 20 heavy (non-hydrogen) atoms. The Morgan fingerprint density at radius 2 is 2.00 bits per heavy atom. The summed E-state index contributed by atoms with van der Waals surface area (Å²) in [6.07, 6.45) is 2.99. The number of aromatic nitrogens is 2. The van der Waals surface area contributed by atoms with Crippen molar-refractivity contribution in [2.75, 3.05) is 5.73 Å². The monoisotopic (exact) mass is 271 g/mol. The minimum atomic E-state index is -0.306. The summed E-state index contributed by atoms with van der Waals surface area (Å²) < 4.78 is 19.2. The largest absolute Gasteiger partial charge is 0.469 e. The number of hydrogen-bond acceptors (Lipinski definition) is 3. The van der Waals surface area contributed by atoms with Crippen molar-refractivity contribution in [2.45, 2.75) is 12.8 Å². The lowest BCUT2D eigenvalue weighted by atomic mass is 10.0. The summed E-state index contributed by atoms with van der Waals surface area (Å²) in [5.41, 5.74) is 7.77. The summed E-state index contributed by atoms with van der Waals surface area (Å²) in [6, 6.07) is 10.3. The zero-order valence-corrected chi connectivity index (χ0v) is 10.8. The molecule has 0 radical (unpaired) electrons. The van der Waals surface area contributed by atoms with Gasteiger partial charge < -0.3 is 10.2 Å². The fourth-order valence-electron chi connectivity index (χ4n) is 2.24. The topological polar surface area (TPSA) is 67.8 Å². The average molecular weight is 271 g/mol. The SMILES string of the molecule is Nc1n[nH]c(CCc2ccco2)c1-c1ccccc1F. The molecule has 0 aliphatic carbocycles. The van der Waals surface area contributed by atoms with Gasteiger partial charge in [-0.1, -0.05) is 18.2 Å². The Hall–Kier alpha value is -2.56. The van der Waals surface area contributed by atoms with Gasteiger partial charge in [0.1, 0.15) is 11.6 Å². The number of rotatable bonds is 4. The molecule has 0 unspecified atom stereocenters. The average Bonchev–Trinajstić information content (AvgIpc) is 3.07. The maximum absolute atomic E-state index is 13.9. The third-order valence-corrected chi connectivity index (χ3v) is 3.21. The van der Waals surface area contributed by atoms with Gasteiger partial charge in [0, 0.05) is 23.2 Å². The molecular formula is C15H14FN3O. The molecule has 0 aliphatic rings. The van der Waals surface area contributed by atoms with Gasteiger partial charge in [0.2, 0.25) is 0 Å². The first-order chi connectivity index (χ1) is 9.75. The number of nitrogens with zero attached hydrogens (tertiary/aromatic N) is 1. The first kappa shape index (κ1) is 12.5. The van der Waals surface area contributed by atoms with Crippen molar-refractivity contribution in [2.24, 2.45) is 0 Å². The van der Waals surface area contributed by atoms with E-state index in [-0.39, 0.29) is 5.82 Å². The maximum Gasteiger partial charge on any atom is 0.153 e. The normalized spacial score (nSPS) is 10.8. The molecule has 5 heteroatoms. The van der Waals surface area contributed by atoms with Crippen molar-refractivity contribution in [1.29, 1.82) is 0 Å². The van der Waals surface area contributed by atoms with Crippen LogP contribution in [0.4, 0.5) is 10.2 Å². The van der Waals surface area contributed by atoms with Gasteiger partial charge >= 0.3 is 0 Å². The third kappa shape index (κ3) is 2.30. The molecule has 0 saturated carbocycles. The highest BCUT2D eigenvalue weighted by molar-refractivity contribution is 5.76. The van der Waals surface area contributed by atoms with Crippen molar-refractivity contribution >= 4 is 5.82 Å². The predicted molar refractivity (Wildman–Crippen MR) is 74.5 cm³/mol. The summed E-state index contributed by atoms with van der Waals surface area (Å²) in [6.45, 7) is 0. The van der Waals surface area contributed by atoms with E-state index in [1.807, 2.05) is 12.1 Å². The lowest BCUT2D eigenvalue weighted by Gasteiger charge is -2.05. The van der Waals surface area contributed by atoms with Crippen LogP contribution in [0.25, 0.3) is 11.1 Å². The van der Waals surface area contributed by atoms with Crippen molar-refractivity contribution in [3.8, 4) is 11.1 Å². The molecular weight excluding hydrogens is 257 g/mol. The summed E-state index contributed by atoms with van der Waals surface area (Å²) in [5, 5.41) is 6.87. The number of nitrogen functional groups attached to an aromatic ring is 1.